The lowest BCUT2D eigenvalue weighted by Gasteiger charge is -2.40. The second-order valence-corrected chi connectivity index (χ2v) is 4.30. The number of fused-ring (bicyclic) bond motifs is 1. The molecule has 0 amide bonds. The van der Waals surface area contributed by atoms with Gasteiger partial charge in [0.1, 0.15) is 0 Å². The minimum Gasteiger partial charge on any atom is -0.207 e. The highest BCUT2D eigenvalue weighted by Gasteiger charge is 2.46. The predicted octanol–water partition coefficient (Wildman–Crippen LogP) is 3.61. The third-order valence-electron chi connectivity index (χ3n) is 3.54. The van der Waals surface area contributed by atoms with Gasteiger partial charge in [0, 0.05) is 12.3 Å². The van der Waals surface area contributed by atoms with Gasteiger partial charge < -0.3 is 0 Å². The van der Waals surface area contributed by atoms with Crippen LogP contribution in [0.1, 0.15) is 44.9 Å². The van der Waals surface area contributed by atoms with Crippen molar-refractivity contribution in [2.24, 2.45) is 11.8 Å². The Morgan fingerprint density at radius 3 is 2.33 bits per heavy atom. The standard InChI is InChI=1S/C10H16F2/c11-10(12)7-3-5-8-4-1-2-6-9(8)10/h8-9H,1-7H2. The van der Waals surface area contributed by atoms with Crippen molar-refractivity contribution >= 4 is 0 Å². The highest BCUT2D eigenvalue weighted by atomic mass is 19.3. The van der Waals surface area contributed by atoms with E-state index in [1.807, 2.05) is 0 Å². The number of hydrogen-bond acceptors (Lipinski definition) is 0. The Hall–Kier alpha value is -0.140. The summed E-state index contributed by atoms with van der Waals surface area (Å²) in [5.74, 6) is -2.24. The predicted molar refractivity (Wildman–Crippen MR) is 44.2 cm³/mol. The van der Waals surface area contributed by atoms with Crippen molar-refractivity contribution < 1.29 is 8.78 Å². The van der Waals surface area contributed by atoms with E-state index in [1.165, 1.54) is 6.42 Å². The molecule has 0 N–H and O–H groups in total. The first kappa shape index (κ1) is 8.46. The van der Waals surface area contributed by atoms with Gasteiger partial charge in [0.2, 0.25) is 0 Å². The van der Waals surface area contributed by atoms with Gasteiger partial charge in [0.05, 0.1) is 0 Å². The molecule has 2 aliphatic rings. The summed E-state index contributed by atoms with van der Waals surface area (Å²) in [4.78, 5) is 0. The monoisotopic (exact) mass is 174 g/mol. The lowest BCUT2D eigenvalue weighted by Crippen LogP contribution is -2.39. The zero-order valence-electron chi connectivity index (χ0n) is 7.36. The van der Waals surface area contributed by atoms with Gasteiger partial charge in [-0.15, -0.1) is 0 Å². The van der Waals surface area contributed by atoms with E-state index < -0.39 is 5.92 Å². The molecular formula is C10H16F2. The molecule has 0 spiro atoms. The van der Waals surface area contributed by atoms with Crippen LogP contribution in [-0.4, -0.2) is 5.92 Å². The van der Waals surface area contributed by atoms with Crippen LogP contribution in [-0.2, 0) is 0 Å². The summed E-state index contributed by atoms with van der Waals surface area (Å²) in [6, 6.07) is 0. The molecule has 0 bridgehead atoms. The third-order valence-corrected chi connectivity index (χ3v) is 3.54. The normalized spacial score (nSPS) is 40.5. The molecule has 0 aromatic carbocycles. The van der Waals surface area contributed by atoms with Gasteiger partial charge >= 0.3 is 0 Å². The topological polar surface area (TPSA) is 0 Å². The Balaban J connectivity index is 2.09. The minimum absolute atomic E-state index is 0.147. The molecule has 0 saturated heterocycles. The maximum Gasteiger partial charge on any atom is 0.251 e. The summed E-state index contributed by atoms with van der Waals surface area (Å²) in [5.41, 5.74) is 0. The summed E-state index contributed by atoms with van der Waals surface area (Å²) >= 11 is 0. The van der Waals surface area contributed by atoms with Crippen molar-refractivity contribution in [1.29, 1.82) is 0 Å². The molecule has 2 heteroatoms. The molecule has 0 aliphatic heterocycles. The summed E-state index contributed by atoms with van der Waals surface area (Å²) in [6.07, 6.45) is 5.98. The SMILES string of the molecule is FC1(F)CCCC2CCCCC21. The molecule has 2 fully saturated rings. The fourth-order valence-corrected chi connectivity index (χ4v) is 2.89. The molecule has 0 aromatic heterocycles. The van der Waals surface area contributed by atoms with Gasteiger partial charge in [-0.1, -0.05) is 12.8 Å². The summed E-state index contributed by atoms with van der Waals surface area (Å²) in [5, 5.41) is 0. The largest absolute Gasteiger partial charge is 0.251 e. The quantitative estimate of drug-likeness (QED) is 0.526. The van der Waals surface area contributed by atoms with Gasteiger partial charge in [-0.05, 0) is 31.6 Å². The molecule has 70 valence electrons. The van der Waals surface area contributed by atoms with Crippen LogP contribution in [0.25, 0.3) is 0 Å². The van der Waals surface area contributed by atoms with Crippen LogP contribution in [0.15, 0.2) is 0 Å². The molecule has 0 heterocycles. The molecule has 2 saturated carbocycles. The van der Waals surface area contributed by atoms with Crippen molar-refractivity contribution in [2.45, 2.75) is 50.9 Å². The zero-order valence-corrected chi connectivity index (χ0v) is 7.36. The first-order valence-corrected chi connectivity index (χ1v) is 5.08. The van der Waals surface area contributed by atoms with Gasteiger partial charge in [-0.25, -0.2) is 8.78 Å². The summed E-state index contributed by atoms with van der Waals surface area (Å²) < 4.78 is 26.7. The van der Waals surface area contributed by atoms with Crippen LogP contribution in [0, 0.1) is 11.8 Å². The average Bonchev–Trinajstić information content (AvgIpc) is 2.04. The highest BCUT2D eigenvalue weighted by molar-refractivity contribution is 4.89. The van der Waals surface area contributed by atoms with Crippen LogP contribution in [0.2, 0.25) is 0 Å². The molecule has 2 rings (SSSR count). The maximum atomic E-state index is 13.3. The van der Waals surface area contributed by atoms with Gasteiger partial charge in [0.25, 0.3) is 5.92 Å². The number of alkyl halides is 2. The van der Waals surface area contributed by atoms with E-state index in [0.29, 0.717) is 5.92 Å². The second-order valence-electron chi connectivity index (χ2n) is 4.30. The Kier molecular flexibility index (Phi) is 2.09. The smallest absolute Gasteiger partial charge is 0.207 e. The lowest BCUT2D eigenvalue weighted by molar-refractivity contribution is -0.121. The van der Waals surface area contributed by atoms with Crippen molar-refractivity contribution in [3.8, 4) is 0 Å². The third kappa shape index (κ3) is 1.36. The van der Waals surface area contributed by atoms with E-state index >= 15 is 0 Å². The van der Waals surface area contributed by atoms with Crippen molar-refractivity contribution in [2.75, 3.05) is 0 Å². The van der Waals surface area contributed by atoms with Gasteiger partial charge in [-0.2, -0.15) is 0 Å². The van der Waals surface area contributed by atoms with Gasteiger partial charge in [0.15, 0.2) is 0 Å². The number of halogens is 2. The van der Waals surface area contributed by atoms with Crippen molar-refractivity contribution in [3.63, 3.8) is 0 Å². The van der Waals surface area contributed by atoms with E-state index in [0.717, 1.165) is 32.1 Å². The molecule has 2 atom stereocenters. The van der Waals surface area contributed by atoms with E-state index in [-0.39, 0.29) is 12.3 Å². The molecular weight excluding hydrogens is 158 g/mol. The van der Waals surface area contributed by atoms with Crippen LogP contribution < -0.4 is 0 Å². The summed E-state index contributed by atoms with van der Waals surface area (Å²) in [6.45, 7) is 0. The Morgan fingerprint density at radius 2 is 1.58 bits per heavy atom. The first-order chi connectivity index (χ1) is 5.70. The number of rotatable bonds is 0. The van der Waals surface area contributed by atoms with E-state index in [9.17, 15) is 8.78 Å². The van der Waals surface area contributed by atoms with E-state index in [2.05, 4.69) is 0 Å². The Morgan fingerprint density at radius 1 is 0.917 bits per heavy atom. The van der Waals surface area contributed by atoms with Crippen LogP contribution in [0.5, 0.6) is 0 Å². The number of hydrogen-bond donors (Lipinski definition) is 0. The highest BCUT2D eigenvalue weighted by Crippen LogP contribution is 2.48. The molecule has 0 radical (unpaired) electrons. The molecule has 2 aliphatic carbocycles. The molecule has 0 aromatic rings. The molecule has 0 nitrogen and oxygen atoms in total. The average molecular weight is 174 g/mol. The van der Waals surface area contributed by atoms with E-state index in [1.54, 1.807) is 0 Å². The maximum absolute atomic E-state index is 13.3. The van der Waals surface area contributed by atoms with Crippen LogP contribution in [0.4, 0.5) is 8.78 Å². The lowest BCUT2D eigenvalue weighted by atomic mass is 9.69. The molecule has 12 heavy (non-hydrogen) atoms. The minimum atomic E-state index is -2.33. The van der Waals surface area contributed by atoms with Crippen molar-refractivity contribution in [1.82, 2.24) is 0 Å². The molecule has 2 unspecified atom stereocenters. The second kappa shape index (κ2) is 2.97. The van der Waals surface area contributed by atoms with Crippen molar-refractivity contribution in [3.05, 3.63) is 0 Å². The van der Waals surface area contributed by atoms with Crippen LogP contribution in [0.3, 0.4) is 0 Å². The summed E-state index contributed by atoms with van der Waals surface area (Å²) in [7, 11) is 0. The fourth-order valence-electron chi connectivity index (χ4n) is 2.89. The Labute approximate surface area is 72.3 Å². The zero-order chi connectivity index (χ0) is 8.60. The fraction of sp³-hybridized carbons (Fsp3) is 1.00. The van der Waals surface area contributed by atoms with Crippen LogP contribution >= 0.6 is 0 Å². The first-order valence-electron chi connectivity index (χ1n) is 5.08. The van der Waals surface area contributed by atoms with Gasteiger partial charge in [-0.3, -0.25) is 0 Å². The van der Waals surface area contributed by atoms with E-state index in [4.69, 9.17) is 0 Å². The Bertz CT molecular complexity index is 163.